The van der Waals surface area contributed by atoms with Crippen molar-refractivity contribution < 1.29 is 4.74 Å². The average Bonchev–Trinajstić information content (AvgIpc) is 2.52. The van der Waals surface area contributed by atoms with E-state index in [-0.39, 0.29) is 6.04 Å². The maximum Gasteiger partial charge on any atom is 0.119 e. The molecule has 2 heteroatoms. The normalized spacial score (nSPS) is 23.9. The van der Waals surface area contributed by atoms with Gasteiger partial charge in [0.2, 0.25) is 0 Å². The number of benzene rings is 1. The quantitative estimate of drug-likeness (QED) is 0.823. The second-order valence-electron chi connectivity index (χ2n) is 4.38. The Labute approximate surface area is 91.4 Å². The molecule has 2 rings (SSSR count). The summed E-state index contributed by atoms with van der Waals surface area (Å²) in [5.41, 5.74) is 8.75. The van der Waals surface area contributed by atoms with Crippen LogP contribution in [0.2, 0.25) is 0 Å². The fourth-order valence-corrected chi connectivity index (χ4v) is 2.27. The SMILES string of the molecule is CCCOc1ccc2c(c1)C(N)CC2C. The van der Waals surface area contributed by atoms with Crippen LogP contribution in [0.1, 0.15) is 49.8 Å². The van der Waals surface area contributed by atoms with Gasteiger partial charge in [-0.25, -0.2) is 0 Å². The zero-order valence-corrected chi connectivity index (χ0v) is 9.49. The van der Waals surface area contributed by atoms with E-state index in [4.69, 9.17) is 10.5 Å². The third kappa shape index (κ3) is 2.00. The lowest BCUT2D eigenvalue weighted by Gasteiger charge is -2.09. The van der Waals surface area contributed by atoms with E-state index >= 15 is 0 Å². The first-order valence-electron chi connectivity index (χ1n) is 5.74. The first-order valence-corrected chi connectivity index (χ1v) is 5.74. The molecule has 15 heavy (non-hydrogen) atoms. The summed E-state index contributed by atoms with van der Waals surface area (Å²) in [5.74, 6) is 1.55. The summed E-state index contributed by atoms with van der Waals surface area (Å²) >= 11 is 0. The zero-order valence-electron chi connectivity index (χ0n) is 9.49. The van der Waals surface area contributed by atoms with Crippen LogP contribution in [0, 0.1) is 0 Å². The van der Waals surface area contributed by atoms with Crippen LogP contribution in [-0.2, 0) is 0 Å². The molecule has 0 bridgehead atoms. The van der Waals surface area contributed by atoms with E-state index < -0.39 is 0 Å². The number of hydrogen-bond donors (Lipinski definition) is 1. The molecular weight excluding hydrogens is 186 g/mol. The van der Waals surface area contributed by atoms with E-state index in [0.717, 1.165) is 25.2 Å². The Morgan fingerprint density at radius 2 is 2.20 bits per heavy atom. The van der Waals surface area contributed by atoms with E-state index in [2.05, 4.69) is 32.0 Å². The molecule has 2 atom stereocenters. The van der Waals surface area contributed by atoms with Crippen LogP contribution in [0.25, 0.3) is 0 Å². The fraction of sp³-hybridized carbons (Fsp3) is 0.538. The van der Waals surface area contributed by atoms with Crippen molar-refractivity contribution in [3.05, 3.63) is 29.3 Å². The lowest BCUT2D eigenvalue weighted by atomic mass is 10.0. The van der Waals surface area contributed by atoms with Gasteiger partial charge in [0.25, 0.3) is 0 Å². The Balaban J connectivity index is 2.22. The van der Waals surface area contributed by atoms with Gasteiger partial charge in [0.1, 0.15) is 5.75 Å². The summed E-state index contributed by atoms with van der Waals surface area (Å²) in [7, 11) is 0. The molecule has 0 radical (unpaired) electrons. The van der Waals surface area contributed by atoms with Crippen molar-refractivity contribution >= 4 is 0 Å². The van der Waals surface area contributed by atoms with Crippen LogP contribution in [0.15, 0.2) is 18.2 Å². The predicted octanol–water partition coefficient (Wildman–Crippen LogP) is 2.98. The Bertz CT molecular complexity index is 348. The van der Waals surface area contributed by atoms with Gasteiger partial charge in [-0.05, 0) is 42.0 Å². The number of fused-ring (bicyclic) bond motifs is 1. The third-order valence-electron chi connectivity index (χ3n) is 3.07. The van der Waals surface area contributed by atoms with Gasteiger partial charge in [0.05, 0.1) is 6.61 Å². The van der Waals surface area contributed by atoms with Crippen molar-refractivity contribution in [3.63, 3.8) is 0 Å². The zero-order chi connectivity index (χ0) is 10.8. The Kier molecular flexibility index (Phi) is 2.96. The van der Waals surface area contributed by atoms with Gasteiger partial charge in [-0.3, -0.25) is 0 Å². The van der Waals surface area contributed by atoms with Gasteiger partial charge in [-0.2, -0.15) is 0 Å². The average molecular weight is 205 g/mol. The van der Waals surface area contributed by atoms with Crippen molar-refractivity contribution in [1.29, 1.82) is 0 Å². The number of hydrogen-bond acceptors (Lipinski definition) is 2. The van der Waals surface area contributed by atoms with E-state index in [1.54, 1.807) is 0 Å². The van der Waals surface area contributed by atoms with Crippen molar-refractivity contribution in [3.8, 4) is 5.75 Å². The van der Waals surface area contributed by atoms with Crippen LogP contribution >= 0.6 is 0 Å². The highest BCUT2D eigenvalue weighted by Crippen LogP contribution is 2.40. The second-order valence-corrected chi connectivity index (χ2v) is 4.38. The maximum atomic E-state index is 6.08. The van der Waals surface area contributed by atoms with Gasteiger partial charge >= 0.3 is 0 Å². The van der Waals surface area contributed by atoms with E-state index in [0.29, 0.717) is 5.92 Å². The largest absolute Gasteiger partial charge is 0.494 e. The molecule has 0 amide bonds. The molecule has 0 saturated heterocycles. The number of ether oxygens (including phenoxy) is 1. The van der Waals surface area contributed by atoms with E-state index in [1.807, 2.05) is 0 Å². The van der Waals surface area contributed by atoms with Gasteiger partial charge < -0.3 is 10.5 Å². The van der Waals surface area contributed by atoms with E-state index in [1.165, 1.54) is 11.1 Å². The molecule has 0 saturated carbocycles. The Morgan fingerprint density at radius 3 is 2.93 bits per heavy atom. The molecule has 0 heterocycles. The molecule has 2 unspecified atom stereocenters. The molecule has 1 aromatic rings. The van der Waals surface area contributed by atoms with Crippen LogP contribution in [0.3, 0.4) is 0 Å². The van der Waals surface area contributed by atoms with Crippen LogP contribution in [0.5, 0.6) is 5.75 Å². The maximum absolute atomic E-state index is 6.08. The molecule has 0 spiro atoms. The smallest absolute Gasteiger partial charge is 0.119 e. The molecule has 0 aromatic heterocycles. The fourth-order valence-electron chi connectivity index (χ4n) is 2.27. The minimum absolute atomic E-state index is 0.195. The van der Waals surface area contributed by atoms with Gasteiger partial charge in [0, 0.05) is 6.04 Å². The molecule has 1 aromatic carbocycles. The summed E-state index contributed by atoms with van der Waals surface area (Å²) in [6, 6.07) is 6.53. The van der Waals surface area contributed by atoms with Gasteiger partial charge in [-0.1, -0.05) is 19.9 Å². The Morgan fingerprint density at radius 1 is 1.40 bits per heavy atom. The van der Waals surface area contributed by atoms with Crippen LogP contribution < -0.4 is 10.5 Å². The first-order chi connectivity index (χ1) is 7.22. The third-order valence-corrected chi connectivity index (χ3v) is 3.07. The van der Waals surface area contributed by atoms with Gasteiger partial charge in [-0.15, -0.1) is 0 Å². The molecule has 2 nitrogen and oxygen atoms in total. The molecule has 1 aliphatic rings. The molecule has 82 valence electrons. The molecule has 1 aliphatic carbocycles. The summed E-state index contributed by atoms with van der Waals surface area (Å²) in [5, 5.41) is 0. The molecule has 0 fully saturated rings. The van der Waals surface area contributed by atoms with Crippen molar-refractivity contribution in [1.82, 2.24) is 0 Å². The Hall–Kier alpha value is -1.02. The first kappa shape index (κ1) is 10.5. The lowest BCUT2D eigenvalue weighted by molar-refractivity contribution is 0.317. The number of rotatable bonds is 3. The summed E-state index contributed by atoms with van der Waals surface area (Å²) < 4.78 is 5.61. The van der Waals surface area contributed by atoms with Crippen LogP contribution in [0.4, 0.5) is 0 Å². The summed E-state index contributed by atoms with van der Waals surface area (Å²) in [6.07, 6.45) is 2.10. The topological polar surface area (TPSA) is 35.2 Å². The highest BCUT2D eigenvalue weighted by atomic mass is 16.5. The standard InChI is InChI=1S/C13H19NO/c1-3-6-15-10-4-5-11-9(2)7-13(14)12(11)8-10/h4-5,8-9,13H,3,6-7,14H2,1-2H3. The number of nitrogens with two attached hydrogens (primary N) is 1. The molecule has 2 N–H and O–H groups in total. The second kappa shape index (κ2) is 4.23. The lowest BCUT2D eigenvalue weighted by Crippen LogP contribution is -2.05. The monoisotopic (exact) mass is 205 g/mol. The van der Waals surface area contributed by atoms with Crippen molar-refractivity contribution in [2.45, 2.75) is 38.6 Å². The van der Waals surface area contributed by atoms with Crippen LogP contribution in [-0.4, -0.2) is 6.61 Å². The van der Waals surface area contributed by atoms with E-state index in [9.17, 15) is 0 Å². The highest BCUT2D eigenvalue weighted by molar-refractivity contribution is 5.42. The van der Waals surface area contributed by atoms with Crippen molar-refractivity contribution in [2.75, 3.05) is 6.61 Å². The minimum atomic E-state index is 0.195. The van der Waals surface area contributed by atoms with Crippen molar-refractivity contribution in [2.24, 2.45) is 5.73 Å². The summed E-state index contributed by atoms with van der Waals surface area (Å²) in [4.78, 5) is 0. The predicted molar refractivity (Wildman–Crippen MR) is 62.2 cm³/mol. The minimum Gasteiger partial charge on any atom is -0.494 e. The highest BCUT2D eigenvalue weighted by Gasteiger charge is 2.25. The molecular formula is C13H19NO. The summed E-state index contributed by atoms with van der Waals surface area (Å²) in [6.45, 7) is 5.13. The molecule has 0 aliphatic heterocycles. The van der Waals surface area contributed by atoms with Gasteiger partial charge in [0.15, 0.2) is 0 Å².